The minimum atomic E-state index is 0.863. The maximum Gasteiger partial charge on any atom is 0.126 e. The monoisotopic (exact) mass is 196 g/mol. The van der Waals surface area contributed by atoms with Crippen LogP contribution < -0.4 is 5.73 Å². The number of nitrogen functional groups attached to an aromatic ring is 1. The summed E-state index contributed by atoms with van der Waals surface area (Å²) in [5.41, 5.74) is 8.14. The van der Waals surface area contributed by atoms with E-state index in [0.717, 1.165) is 15.6 Å². The van der Waals surface area contributed by atoms with Crippen LogP contribution in [0, 0.1) is 6.92 Å². The summed E-state index contributed by atoms with van der Waals surface area (Å²) in [7, 11) is 0. The van der Waals surface area contributed by atoms with E-state index >= 15 is 0 Å². The van der Waals surface area contributed by atoms with Gasteiger partial charge in [-0.15, -0.1) is 22.7 Å². The predicted molar refractivity (Wildman–Crippen MR) is 54.6 cm³/mol. The Morgan fingerprint density at radius 2 is 2.25 bits per heavy atom. The Bertz CT molecular complexity index is 356. The number of hydrogen-bond donors (Lipinski definition) is 1. The third kappa shape index (κ3) is 1.13. The van der Waals surface area contributed by atoms with E-state index in [4.69, 9.17) is 5.73 Å². The fraction of sp³-hybridized carbons (Fsp3) is 0.125. The zero-order chi connectivity index (χ0) is 8.55. The number of rotatable bonds is 1. The van der Waals surface area contributed by atoms with E-state index in [0.29, 0.717) is 0 Å². The van der Waals surface area contributed by atoms with E-state index in [1.807, 2.05) is 5.38 Å². The van der Waals surface area contributed by atoms with Crippen molar-refractivity contribution in [2.24, 2.45) is 0 Å². The molecule has 0 aliphatic rings. The van der Waals surface area contributed by atoms with Crippen molar-refractivity contribution in [1.29, 1.82) is 0 Å². The van der Waals surface area contributed by atoms with E-state index in [2.05, 4.69) is 17.3 Å². The van der Waals surface area contributed by atoms with Crippen molar-refractivity contribution in [1.82, 2.24) is 4.98 Å². The largest absolute Gasteiger partial charge is 0.390 e. The second-order valence-corrected chi connectivity index (χ2v) is 4.30. The van der Waals surface area contributed by atoms with Gasteiger partial charge >= 0.3 is 0 Å². The molecule has 2 N–H and O–H groups in total. The molecule has 2 aromatic heterocycles. The third-order valence-electron chi connectivity index (χ3n) is 1.65. The first-order valence-electron chi connectivity index (χ1n) is 3.52. The lowest BCUT2D eigenvalue weighted by Gasteiger charge is -1.95. The summed E-state index contributed by atoms with van der Waals surface area (Å²) >= 11 is 3.20. The summed E-state index contributed by atoms with van der Waals surface area (Å²) in [6, 6.07) is 0. The highest BCUT2D eigenvalue weighted by Gasteiger charge is 2.09. The zero-order valence-electron chi connectivity index (χ0n) is 6.57. The number of hydrogen-bond acceptors (Lipinski definition) is 4. The molecule has 0 aliphatic carbocycles. The van der Waals surface area contributed by atoms with Crippen molar-refractivity contribution in [3.05, 3.63) is 22.5 Å². The molecule has 2 nitrogen and oxygen atoms in total. The molecule has 0 radical (unpaired) electrons. The fourth-order valence-corrected chi connectivity index (χ4v) is 2.71. The molecule has 0 spiro atoms. The number of nitrogens with two attached hydrogens (primary N) is 1. The van der Waals surface area contributed by atoms with Gasteiger partial charge in [-0.25, -0.2) is 4.98 Å². The molecule has 0 saturated heterocycles. The summed E-state index contributed by atoms with van der Waals surface area (Å²) in [6.45, 7) is 2.06. The molecule has 2 rings (SSSR count). The van der Waals surface area contributed by atoms with E-state index in [9.17, 15) is 0 Å². The van der Waals surface area contributed by atoms with Crippen LogP contribution in [-0.4, -0.2) is 4.98 Å². The van der Waals surface area contributed by atoms with Crippen LogP contribution in [0.25, 0.3) is 10.6 Å². The Morgan fingerprint density at radius 3 is 2.75 bits per heavy atom. The van der Waals surface area contributed by atoms with Gasteiger partial charge in [-0.2, -0.15) is 0 Å². The highest BCUT2D eigenvalue weighted by molar-refractivity contribution is 7.16. The SMILES string of the molecule is Cc1csc(N)c1-c1nccs1. The first-order valence-corrected chi connectivity index (χ1v) is 5.28. The number of nitrogens with zero attached hydrogens (tertiary/aromatic N) is 1. The summed E-state index contributed by atoms with van der Waals surface area (Å²) in [4.78, 5) is 4.23. The maximum absolute atomic E-state index is 5.82. The van der Waals surface area contributed by atoms with Crippen LogP contribution in [0.2, 0.25) is 0 Å². The summed E-state index contributed by atoms with van der Waals surface area (Å²) in [5.74, 6) is 0. The Morgan fingerprint density at radius 1 is 1.42 bits per heavy atom. The van der Waals surface area contributed by atoms with Gasteiger partial charge in [0.2, 0.25) is 0 Å². The first kappa shape index (κ1) is 7.76. The summed E-state index contributed by atoms with van der Waals surface area (Å²) in [5, 5.41) is 5.91. The smallest absolute Gasteiger partial charge is 0.126 e. The van der Waals surface area contributed by atoms with Gasteiger partial charge in [0.25, 0.3) is 0 Å². The maximum atomic E-state index is 5.82. The first-order chi connectivity index (χ1) is 5.79. The molecule has 0 unspecified atom stereocenters. The van der Waals surface area contributed by atoms with E-state index in [-0.39, 0.29) is 0 Å². The Labute approximate surface area is 78.7 Å². The molecule has 2 heterocycles. The third-order valence-corrected chi connectivity index (χ3v) is 3.37. The van der Waals surface area contributed by atoms with Gasteiger partial charge in [0.15, 0.2) is 0 Å². The van der Waals surface area contributed by atoms with Crippen LogP contribution in [0.5, 0.6) is 0 Å². The zero-order valence-corrected chi connectivity index (χ0v) is 8.21. The van der Waals surface area contributed by atoms with Gasteiger partial charge in [0.1, 0.15) is 5.01 Å². The lowest BCUT2D eigenvalue weighted by atomic mass is 10.2. The minimum absolute atomic E-state index is 0.863. The average Bonchev–Trinajstić information content (AvgIpc) is 2.61. The molecule has 2 aromatic rings. The normalized spacial score (nSPS) is 10.4. The molecule has 0 fully saturated rings. The average molecular weight is 196 g/mol. The molecular weight excluding hydrogens is 188 g/mol. The van der Waals surface area contributed by atoms with Gasteiger partial charge in [0, 0.05) is 17.1 Å². The van der Waals surface area contributed by atoms with Crippen molar-refractivity contribution in [3.63, 3.8) is 0 Å². The van der Waals surface area contributed by atoms with Gasteiger partial charge < -0.3 is 5.73 Å². The van der Waals surface area contributed by atoms with Gasteiger partial charge in [-0.3, -0.25) is 0 Å². The molecule has 0 amide bonds. The Hall–Kier alpha value is -0.870. The standard InChI is InChI=1S/C8H8N2S2/c1-5-4-12-7(9)6(5)8-10-2-3-11-8/h2-4H,9H2,1H3. The second kappa shape index (κ2) is 2.88. The molecular formula is C8H8N2S2. The Kier molecular flexibility index (Phi) is 1.86. The van der Waals surface area contributed by atoms with Gasteiger partial charge in [-0.05, 0) is 17.9 Å². The van der Waals surface area contributed by atoms with Crippen molar-refractivity contribution in [2.45, 2.75) is 6.92 Å². The topological polar surface area (TPSA) is 38.9 Å². The Balaban J connectivity index is 2.60. The van der Waals surface area contributed by atoms with E-state index in [1.165, 1.54) is 5.56 Å². The van der Waals surface area contributed by atoms with E-state index in [1.54, 1.807) is 28.9 Å². The lowest BCUT2D eigenvalue weighted by Crippen LogP contribution is -1.84. The van der Waals surface area contributed by atoms with Crippen molar-refractivity contribution >= 4 is 27.7 Å². The minimum Gasteiger partial charge on any atom is -0.390 e. The molecule has 0 atom stereocenters. The quantitative estimate of drug-likeness (QED) is 0.761. The predicted octanol–water partition coefficient (Wildman–Crippen LogP) is 2.76. The number of thiazole rings is 1. The number of thiophene rings is 1. The highest BCUT2D eigenvalue weighted by Crippen LogP contribution is 2.35. The van der Waals surface area contributed by atoms with Crippen molar-refractivity contribution in [3.8, 4) is 10.6 Å². The number of aryl methyl sites for hydroxylation is 1. The molecule has 12 heavy (non-hydrogen) atoms. The fourth-order valence-electron chi connectivity index (χ4n) is 1.09. The van der Waals surface area contributed by atoms with Crippen LogP contribution in [0.3, 0.4) is 0 Å². The van der Waals surface area contributed by atoms with Gasteiger partial charge in [-0.1, -0.05) is 0 Å². The molecule has 4 heteroatoms. The summed E-state index contributed by atoms with van der Waals surface area (Å²) in [6.07, 6.45) is 1.80. The molecule has 0 bridgehead atoms. The summed E-state index contributed by atoms with van der Waals surface area (Å²) < 4.78 is 0. The lowest BCUT2D eigenvalue weighted by molar-refractivity contribution is 1.40. The van der Waals surface area contributed by atoms with Crippen LogP contribution in [0.1, 0.15) is 5.56 Å². The molecule has 0 aliphatic heterocycles. The second-order valence-electron chi connectivity index (χ2n) is 2.50. The van der Waals surface area contributed by atoms with Crippen LogP contribution in [-0.2, 0) is 0 Å². The van der Waals surface area contributed by atoms with Gasteiger partial charge in [0.05, 0.1) is 5.00 Å². The van der Waals surface area contributed by atoms with Crippen LogP contribution in [0.4, 0.5) is 5.00 Å². The molecule has 0 aromatic carbocycles. The molecule has 62 valence electrons. The highest BCUT2D eigenvalue weighted by atomic mass is 32.1. The van der Waals surface area contributed by atoms with Crippen molar-refractivity contribution in [2.75, 3.05) is 5.73 Å². The number of anilines is 1. The van der Waals surface area contributed by atoms with E-state index < -0.39 is 0 Å². The number of aromatic nitrogens is 1. The van der Waals surface area contributed by atoms with Crippen LogP contribution in [0.15, 0.2) is 17.0 Å². The molecule has 0 saturated carbocycles. The van der Waals surface area contributed by atoms with Crippen molar-refractivity contribution < 1.29 is 0 Å². The van der Waals surface area contributed by atoms with Crippen LogP contribution >= 0.6 is 22.7 Å².